The number of nitrogens with one attached hydrogen (secondary N) is 1. The molecule has 1 aliphatic heterocycles. The monoisotopic (exact) mass is 226 g/mol. The minimum absolute atomic E-state index is 0.799. The van der Waals surface area contributed by atoms with E-state index in [2.05, 4.69) is 10.3 Å². The third-order valence-electron chi connectivity index (χ3n) is 2.74. The summed E-state index contributed by atoms with van der Waals surface area (Å²) in [4.78, 5) is 5.57. The summed E-state index contributed by atoms with van der Waals surface area (Å²) < 4.78 is 5.33. The fourth-order valence-electron chi connectivity index (χ4n) is 1.84. The molecule has 0 bridgehead atoms. The standard InChI is InChI=1S/C11H18N2OS/c1-9-13-8-11(15-9)7-12-6-10-2-4-14-5-3-10/h8,10,12H,2-7H2,1H3. The minimum Gasteiger partial charge on any atom is -0.381 e. The molecule has 3 nitrogen and oxygen atoms in total. The molecule has 0 aliphatic carbocycles. The molecular weight excluding hydrogens is 208 g/mol. The third kappa shape index (κ3) is 3.55. The lowest BCUT2D eigenvalue weighted by Crippen LogP contribution is -2.27. The average molecular weight is 226 g/mol. The zero-order valence-corrected chi connectivity index (χ0v) is 9.98. The number of rotatable bonds is 4. The van der Waals surface area contributed by atoms with Crippen LogP contribution in [0.15, 0.2) is 6.20 Å². The van der Waals surface area contributed by atoms with E-state index < -0.39 is 0 Å². The Balaban J connectivity index is 1.65. The molecule has 1 fully saturated rings. The van der Waals surface area contributed by atoms with Gasteiger partial charge in [-0.2, -0.15) is 0 Å². The summed E-state index contributed by atoms with van der Waals surface area (Å²) in [5.74, 6) is 0.799. The molecule has 4 heteroatoms. The first-order valence-corrected chi connectivity index (χ1v) is 6.36. The van der Waals surface area contributed by atoms with Gasteiger partial charge in [-0.3, -0.25) is 0 Å². The van der Waals surface area contributed by atoms with Crippen LogP contribution in [-0.4, -0.2) is 24.7 Å². The predicted octanol–water partition coefficient (Wildman–Crippen LogP) is 1.97. The van der Waals surface area contributed by atoms with Gasteiger partial charge in [-0.1, -0.05) is 0 Å². The highest BCUT2D eigenvalue weighted by molar-refractivity contribution is 7.11. The summed E-state index contributed by atoms with van der Waals surface area (Å²) in [5, 5.41) is 4.65. The number of aromatic nitrogens is 1. The van der Waals surface area contributed by atoms with Crippen LogP contribution in [0, 0.1) is 12.8 Å². The van der Waals surface area contributed by atoms with E-state index in [-0.39, 0.29) is 0 Å². The van der Waals surface area contributed by atoms with Crippen molar-refractivity contribution in [2.45, 2.75) is 26.3 Å². The fourth-order valence-corrected chi connectivity index (χ4v) is 2.60. The number of hydrogen-bond donors (Lipinski definition) is 1. The number of hydrogen-bond acceptors (Lipinski definition) is 4. The molecule has 2 rings (SSSR count). The highest BCUT2D eigenvalue weighted by atomic mass is 32.1. The van der Waals surface area contributed by atoms with Crippen LogP contribution in [0.3, 0.4) is 0 Å². The summed E-state index contributed by atoms with van der Waals surface area (Å²) in [5.41, 5.74) is 0. The van der Waals surface area contributed by atoms with E-state index in [4.69, 9.17) is 4.74 Å². The third-order valence-corrected chi connectivity index (χ3v) is 3.66. The Hall–Kier alpha value is -0.450. The van der Waals surface area contributed by atoms with Crippen molar-refractivity contribution >= 4 is 11.3 Å². The Morgan fingerprint density at radius 1 is 1.53 bits per heavy atom. The summed E-state index contributed by atoms with van der Waals surface area (Å²) in [7, 11) is 0. The molecule has 1 aromatic rings. The van der Waals surface area contributed by atoms with Gasteiger partial charge in [0.2, 0.25) is 0 Å². The molecule has 1 N–H and O–H groups in total. The second-order valence-electron chi connectivity index (χ2n) is 4.03. The predicted molar refractivity (Wildman–Crippen MR) is 62.1 cm³/mol. The van der Waals surface area contributed by atoms with E-state index >= 15 is 0 Å². The van der Waals surface area contributed by atoms with Crippen molar-refractivity contribution in [2.75, 3.05) is 19.8 Å². The van der Waals surface area contributed by atoms with Gasteiger partial charge < -0.3 is 10.1 Å². The molecular formula is C11H18N2OS. The van der Waals surface area contributed by atoms with Crippen LogP contribution in [0.1, 0.15) is 22.7 Å². The van der Waals surface area contributed by atoms with Crippen LogP contribution in [0.4, 0.5) is 0 Å². The Kier molecular flexibility index (Phi) is 4.11. The molecule has 0 atom stereocenters. The van der Waals surface area contributed by atoms with Crippen LogP contribution in [0.25, 0.3) is 0 Å². The van der Waals surface area contributed by atoms with Crippen molar-refractivity contribution in [3.63, 3.8) is 0 Å². The number of thiazole rings is 1. The normalized spacial score (nSPS) is 18.2. The van der Waals surface area contributed by atoms with Crippen molar-refractivity contribution in [1.82, 2.24) is 10.3 Å². The highest BCUT2D eigenvalue weighted by Gasteiger charge is 2.12. The second-order valence-corrected chi connectivity index (χ2v) is 5.35. The largest absolute Gasteiger partial charge is 0.381 e. The van der Waals surface area contributed by atoms with Gasteiger partial charge in [-0.25, -0.2) is 4.98 Å². The zero-order chi connectivity index (χ0) is 10.5. The summed E-state index contributed by atoms with van der Waals surface area (Å²) >= 11 is 1.78. The fraction of sp³-hybridized carbons (Fsp3) is 0.727. The Morgan fingerprint density at radius 3 is 3.00 bits per heavy atom. The molecule has 0 spiro atoms. The van der Waals surface area contributed by atoms with Crippen molar-refractivity contribution in [3.8, 4) is 0 Å². The van der Waals surface area contributed by atoms with E-state index in [0.29, 0.717) is 0 Å². The topological polar surface area (TPSA) is 34.2 Å². The molecule has 1 aliphatic rings. The summed E-state index contributed by atoms with van der Waals surface area (Å²) in [6.45, 7) is 5.99. The highest BCUT2D eigenvalue weighted by Crippen LogP contribution is 2.14. The Bertz CT molecular complexity index is 295. The SMILES string of the molecule is Cc1ncc(CNCC2CCOCC2)s1. The smallest absolute Gasteiger partial charge is 0.0897 e. The molecule has 84 valence electrons. The van der Waals surface area contributed by atoms with Crippen LogP contribution >= 0.6 is 11.3 Å². The molecule has 0 saturated carbocycles. The van der Waals surface area contributed by atoms with E-state index in [0.717, 1.165) is 37.2 Å². The maximum atomic E-state index is 5.33. The van der Waals surface area contributed by atoms with E-state index in [1.807, 2.05) is 13.1 Å². The number of nitrogens with zero attached hydrogens (tertiary/aromatic N) is 1. The van der Waals surface area contributed by atoms with Crippen LogP contribution < -0.4 is 5.32 Å². The molecule has 1 saturated heterocycles. The van der Waals surface area contributed by atoms with E-state index in [1.54, 1.807) is 11.3 Å². The minimum atomic E-state index is 0.799. The van der Waals surface area contributed by atoms with Gasteiger partial charge in [0.1, 0.15) is 0 Å². The van der Waals surface area contributed by atoms with Crippen LogP contribution in [-0.2, 0) is 11.3 Å². The van der Waals surface area contributed by atoms with Gasteiger partial charge in [-0.15, -0.1) is 11.3 Å². The Morgan fingerprint density at radius 2 is 2.33 bits per heavy atom. The molecule has 0 amide bonds. The lowest BCUT2D eigenvalue weighted by molar-refractivity contribution is 0.0662. The lowest BCUT2D eigenvalue weighted by atomic mass is 10.0. The quantitative estimate of drug-likeness (QED) is 0.852. The van der Waals surface area contributed by atoms with E-state index in [9.17, 15) is 0 Å². The summed E-state index contributed by atoms with van der Waals surface area (Å²) in [6, 6.07) is 0. The molecule has 15 heavy (non-hydrogen) atoms. The maximum absolute atomic E-state index is 5.33. The molecule has 0 unspecified atom stereocenters. The summed E-state index contributed by atoms with van der Waals surface area (Å²) in [6.07, 6.45) is 4.38. The van der Waals surface area contributed by atoms with Gasteiger partial charge >= 0.3 is 0 Å². The first kappa shape index (κ1) is 11.0. The van der Waals surface area contributed by atoms with Gasteiger partial charge in [0, 0.05) is 30.8 Å². The van der Waals surface area contributed by atoms with Gasteiger partial charge in [0.15, 0.2) is 0 Å². The van der Waals surface area contributed by atoms with Crippen LogP contribution in [0.2, 0.25) is 0 Å². The van der Waals surface area contributed by atoms with Gasteiger partial charge in [-0.05, 0) is 32.2 Å². The van der Waals surface area contributed by atoms with Crippen molar-refractivity contribution in [3.05, 3.63) is 16.1 Å². The first-order valence-electron chi connectivity index (χ1n) is 5.54. The Labute approximate surface area is 94.9 Å². The molecule has 0 aromatic carbocycles. The number of ether oxygens (including phenoxy) is 1. The molecule has 1 aromatic heterocycles. The number of aryl methyl sites for hydroxylation is 1. The van der Waals surface area contributed by atoms with Crippen molar-refractivity contribution < 1.29 is 4.74 Å². The lowest BCUT2D eigenvalue weighted by Gasteiger charge is -2.21. The zero-order valence-electron chi connectivity index (χ0n) is 9.16. The molecule has 2 heterocycles. The van der Waals surface area contributed by atoms with Crippen LogP contribution in [0.5, 0.6) is 0 Å². The van der Waals surface area contributed by atoms with Gasteiger partial charge in [0.05, 0.1) is 5.01 Å². The second kappa shape index (κ2) is 5.58. The van der Waals surface area contributed by atoms with Gasteiger partial charge in [0.25, 0.3) is 0 Å². The van der Waals surface area contributed by atoms with Crippen molar-refractivity contribution in [2.24, 2.45) is 5.92 Å². The molecule has 0 radical (unpaired) electrons. The average Bonchev–Trinajstić information content (AvgIpc) is 2.66. The van der Waals surface area contributed by atoms with Crippen molar-refractivity contribution in [1.29, 1.82) is 0 Å². The maximum Gasteiger partial charge on any atom is 0.0897 e. The van der Waals surface area contributed by atoms with E-state index in [1.165, 1.54) is 17.7 Å². The first-order chi connectivity index (χ1) is 7.34.